The first-order chi connectivity index (χ1) is 19.5. The maximum absolute atomic E-state index is 13.5. The van der Waals surface area contributed by atoms with E-state index in [-0.39, 0.29) is 10.3 Å². The minimum Gasteiger partial charge on any atom is -0.497 e. The zero-order valence-electron chi connectivity index (χ0n) is 24.2. The molecule has 4 aromatic carbocycles. The molecule has 1 amide bonds. The predicted octanol–water partition coefficient (Wildman–Crippen LogP) is 6.96. The van der Waals surface area contributed by atoms with Gasteiger partial charge in [0.25, 0.3) is 15.9 Å². The highest BCUT2D eigenvalue weighted by atomic mass is 32.2. The third-order valence-corrected chi connectivity index (χ3v) is 8.28. The van der Waals surface area contributed by atoms with Crippen molar-refractivity contribution in [2.75, 3.05) is 13.7 Å². The molecule has 4 aromatic rings. The van der Waals surface area contributed by atoms with Gasteiger partial charge in [0, 0.05) is 11.1 Å². The summed E-state index contributed by atoms with van der Waals surface area (Å²) in [6.07, 6.45) is 1.22. The molecule has 41 heavy (non-hydrogen) atoms. The second-order valence-electron chi connectivity index (χ2n) is 10.9. The van der Waals surface area contributed by atoms with E-state index in [1.165, 1.54) is 12.1 Å². The fourth-order valence-electron chi connectivity index (χ4n) is 4.63. The van der Waals surface area contributed by atoms with Gasteiger partial charge in [0.1, 0.15) is 11.5 Å². The zero-order chi connectivity index (χ0) is 29.6. The van der Waals surface area contributed by atoms with E-state index in [2.05, 4.69) is 25.5 Å². The van der Waals surface area contributed by atoms with Crippen LogP contribution in [-0.2, 0) is 28.3 Å². The second-order valence-corrected chi connectivity index (χ2v) is 12.5. The summed E-state index contributed by atoms with van der Waals surface area (Å²) in [5.74, 6) is 0.704. The monoisotopic (exact) mass is 571 g/mol. The summed E-state index contributed by atoms with van der Waals surface area (Å²) in [6, 6.07) is 27.6. The van der Waals surface area contributed by atoms with Crippen LogP contribution in [0.1, 0.15) is 54.7 Å². The Morgan fingerprint density at radius 2 is 1.56 bits per heavy atom. The standard InChI is InChI=1S/C34H37NO5S/c1-6-40-32-21-17-28(39-5)23-31(32)26-14-20-30(25(22-26)13-12-24-10-8-7-9-11-24)33(36)35-41(37,38)29-18-15-27(16-19-29)34(2,3)4/h7-11,14-23H,6,12-13H2,1-5H3,(H,35,36). The van der Waals surface area contributed by atoms with Gasteiger partial charge in [-0.3, -0.25) is 4.79 Å². The Bertz CT molecular complexity index is 1610. The van der Waals surface area contributed by atoms with Gasteiger partial charge in [-0.25, -0.2) is 13.1 Å². The summed E-state index contributed by atoms with van der Waals surface area (Å²) in [4.78, 5) is 13.5. The van der Waals surface area contributed by atoms with Gasteiger partial charge in [0.05, 0.1) is 18.6 Å². The van der Waals surface area contributed by atoms with Crippen LogP contribution in [0.3, 0.4) is 0 Å². The van der Waals surface area contributed by atoms with E-state index >= 15 is 0 Å². The first kappa shape index (κ1) is 29.9. The van der Waals surface area contributed by atoms with Crippen molar-refractivity contribution in [3.8, 4) is 22.6 Å². The Labute approximate surface area is 243 Å². The van der Waals surface area contributed by atoms with E-state index in [0.29, 0.717) is 36.5 Å². The molecule has 1 N–H and O–H groups in total. The Kier molecular flexibility index (Phi) is 9.18. The quantitative estimate of drug-likeness (QED) is 0.223. The minimum atomic E-state index is -4.08. The average molecular weight is 572 g/mol. The first-order valence-electron chi connectivity index (χ1n) is 13.7. The maximum atomic E-state index is 13.5. The predicted molar refractivity (Wildman–Crippen MR) is 163 cm³/mol. The normalized spacial score (nSPS) is 11.6. The number of rotatable bonds is 10. The van der Waals surface area contributed by atoms with Crippen LogP contribution >= 0.6 is 0 Å². The lowest BCUT2D eigenvalue weighted by atomic mass is 9.87. The lowest BCUT2D eigenvalue weighted by Crippen LogP contribution is -2.31. The third-order valence-electron chi connectivity index (χ3n) is 6.93. The molecule has 0 aromatic heterocycles. The van der Waals surface area contributed by atoms with Gasteiger partial charge in [0.2, 0.25) is 0 Å². The zero-order valence-corrected chi connectivity index (χ0v) is 25.0. The smallest absolute Gasteiger partial charge is 0.265 e. The van der Waals surface area contributed by atoms with Crippen molar-refractivity contribution in [3.63, 3.8) is 0 Å². The lowest BCUT2D eigenvalue weighted by molar-refractivity contribution is 0.0980. The number of sulfonamides is 1. The van der Waals surface area contributed by atoms with Crippen molar-refractivity contribution < 1.29 is 22.7 Å². The number of amides is 1. The molecule has 0 unspecified atom stereocenters. The Morgan fingerprint density at radius 3 is 2.20 bits per heavy atom. The van der Waals surface area contributed by atoms with E-state index in [1.54, 1.807) is 25.3 Å². The summed E-state index contributed by atoms with van der Waals surface area (Å²) in [6.45, 7) is 8.59. The van der Waals surface area contributed by atoms with Crippen LogP contribution in [0.2, 0.25) is 0 Å². The molecule has 0 saturated heterocycles. The summed E-state index contributed by atoms with van der Waals surface area (Å²) in [5.41, 5.74) is 4.70. The van der Waals surface area contributed by atoms with Gasteiger partial charge in [-0.1, -0.05) is 75.4 Å². The third kappa shape index (κ3) is 7.35. The number of hydrogen-bond donors (Lipinski definition) is 1. The van der Waals surface area contributed by atoms with Crippen LogP contribution in [0.25, 0.3) is 11.1 Å². The van der Waals surface area contributed by atoms with Crippen LogP contribution < -0.4 is 14.2 Å². The topological polar surface area (TPSA) is 81.7 Å². The highest BCUT2D eigenvalue weighted by Gasteiger charge is 2.23. The van der Waals surface area contributed by atoms with E-state index in [9.17, 15) is 13.2 Å². The highest BCUT2D eigenvalue weighted by molar-refractivity contribution is 7.90. The molecule has 4 rings (SSSR count). The molecule has 0 spiro atoms. The number of methoxy groups -OCH3 is 1. The molecule has 0 aliphatic heterocycles. The van der Waals surface area contributed by atoms with Crippen molar-refractivity contribution in [3.05, 3.63) is 113 Å². The molecule has 214 valence electrons. The molecule has 0 radical (unpaired) electrons. The van der Waals surface area contributed by atoms with Gasteiger partial charge >= 0.3 is 0 Å². The second kappa shape index (κ2) is 12.6. The largest absolute Gasteiger partial charge is 0.497 e. The molecule has 6 nitrogen and oxygen atoms in total. The fourth-order valence-corrected chi connectivity index (χ4v) is 5.59. The van der Waals surface area contributed by atoms with Gasteiger partial charge in [-0.05, 0) is 83.8 Å². The summed E-state index contributed by atoms with van der Waals surface area (Å²) in [7, 11) is -2.47. The van der Waals surface area contributed by atoms with Gasteiger partial charge in [0.15, 0.2) is 0 Å². The van der Waals surface area contributed by atoms with E-state index < -0.39 is 15.9 Å². The minimum absolute atomic E-state index is 0.0408. The van der Waals surface area contributed by atoms with Crippen molar-refractivity contribution in [1.29, 1.82) is 0 Å². The lowest BCUT2D eigenvalue weighted by Gasteiger charge is -2.19. The Hall–Kier alpha value is -4.10. The number of hydrogen-bond acceptors (Lipinski definition) is 5. The fraction of sp³-hybridized carbons (Fsp3) is 0.265. The van der Waals surface area contributed by atoms with Crippen LogP contribution in [0.15, 0.2) is 95.9 Å². The number of carbonyl (C=O) groups excluding carboxylic acids is 1. The number of ether oxygens (including phenoxy) is 2. The van der Waals surface area contributed by atoms with Crippen LogP contribution in [0.4, 0.5) is 0 Å². The van der Waals surface area contributed by atoms with Gasteiger partial charge in [-0.15, -0.1) is 0 Å². The first-order valence-corrected chi connectivity index (χ1v) is 15.2. The van der Waals surface area contributed by atoms with Crippen LogP contribution in [-0.4, -0.2) is 28.0 Å². The molecular formula is C34H37NO5S. The summed E-state index contributed by atoms with van der Waals surface area (Å²) >= 11 is 0. The molecule has 0 heterocycles. The number of aryl methyl sites for hydroxylation is 2. The molecular weight excluding hydrogens is 534 g/mol. The van der Waals surface area contributed by atoms with E-state index in [4.69, 9.17) is 9.47 Å². The average Bonchev–Trinajstić information content (AvgIpc) is 2.96. The molecule has 0 aliphatic carbocycles. The summed E-state index contributed by atoms with van der Waals surface area (Å²) in [5, 5.41) is 0. The molecule has 0 fully saturated rings. The van der Waals surface area contributed by atoms with Crippen LogP contribution in [0, 0.1) is 0 Å². The van der Waals surface area contributed by atoms with E-state index in [1.807, 2.05) is 67.6 Å². The van der Waals surface area contributed by atoms with Gasteiger partial charge < -0.3 is 9.47 Å². The number of nitrogens with one attached hydrogen (secondary N) is 1. The Balaban J connectivity index is 1.70. The molecule has 0 saturated carbocycles. The highest BCUT2D eigenvalue weighted by Crippen LogP contribution is 2.35. The Morgan fingerprint density at radius 1 is 0.854 bits per heavy atom. The van der Waals surface area contributed by atoms with Crippen LogP contribution in [0.5, 0.6) is 11.5 Å². The number of carbonyl (C=O) groups is 1. The van der Waals surface area contributed by atoms with Crippen molar-refractivity contribution >= 4 is 15.9 Å². The van der Waals surface area contributed by atoms with Crippen molar-refractivity contribution in [1.82, 2.24) is 4.72 Å². The molecule has 0 aliphatic rings. The van der Waals surface area contributed by atoms with Crippen molar-refractivity contribution in [2.24, 2.45) is 0 Å². The molecule has 0 bridgehead atoms. The van der Waals surface area contributed by atoms with Crippen molar-refractivity contribution in [2.45, 2.75) is 50.8 Å². The number of benzene rings is 4. The molecule has 0 atom stereocenters. The SMILES string of the molecule is CCOc1ccc(OC)cc1-c1ccc(C(=O)NS(=O)(=O)c2ccc(C(C)(C)C)cc2)c(CCc2ccccc2)c1. The molecule has 7 heteroatoms. The maximum Gasteiger partial charge on any atom is 0.265 e. The summed E-state index contributed by atoms with van der Waals surface area (Å²) < 4.78 is 40.0. The van der Waals surface area contributed by atoms with E-state index in [0.717, 1.165) is 27.8 Å². The van der Waals surface area contributed by atoms with Gasteiger partial charge in [-0.2, -0.15) is 0 Å².